The molecule has 0 fully saturated rings. The molecule has 0 heterocycles. The van der Waals surface area contributed by atoms with Crippen LogP contribution in [0.5, 0.6) is 5.75 Å². The van der Waals surface area contributed by atoms with Crippen LogP contribution in [0.1, 0.15) is 74.2 Å². The largest absolute Gasteiger partial charge is 0.507 e. The summed E-state index contributed by atoms with van der Waals surface area (Å²) in [6, 6.07) is 4.94. The molecule has 0 atom stereocenters. The summed E-state index contributed by atoms with van der Waals surface area (Å²) in [5.74, 6) is -1.17. The molecule has 0 bridgehead atoms. The number of carboxylic acid groups (broad SMARTS) is 1. The number of aromatic hydroxyl groups is 1. The first kappa shape index (κ1) is 16.5. The van der Waals surface area contributed by atoms with E-state index in [1.54, 1.807) is 12.1 Å². The van der Waals surface area contributed by atoms with Gasteiger partial charge in [-0.05, 0) is 24.5 Å². The molecular formula is C17H26O3. The molecule has 0 aromatic heterocycles. The fourth-order valence-corrected chi connectivity index (χ4v) is 2.49. The minimum atomic E-state index is -1.04. The van der Waals surface area contributed by atoms with E-state index in [-0.39, 0.29) is 11.3 Å². The first-order valence-electron chi connectivity index (χ1n) is 7.71. The highest BCUT2D eigenvalue weighted by molar-refractivity contribution is 5.92. The number of aromatic carboxylic acids is 1. The Hall–Kier alpha value is -1.51. The van der Waals surface area contributed by atoms with Gasteiger partial charge in [-0.2, -0.15) is 0 Å². The first-order valence-corrected chi connectivity index (χ1v) is 7.71. The predicted molar refractivity (Wildman–Crippen MR) is 81.4 cm³/mol. The Morgan fingerprint density at radius 2 is 1.60 bits per heavy atom. The van der Waals surface area contributed by atoms with Crippen LogP contribution in [0.4, 0.5) is 0 Å². The second-order valence-electron chi connectivity index (χ2n) is 5.34. The van der Waals surface area contributed by atoms with Gasteiger partial charge >= 0.3 is 5.97 Å². The molecule has 20 heavy (non-hydrogen) atoms. The van der Waals surface area contributed by atoms with Crippen LogP contribution in [0.3, 0.4) is 0 Å². The summed E-state index contributed by atoms with van der Waals surface area (Å²) < 4.78 is 0. The summed E-state index contributed by atoms with van der Waals surface area (Å²) in [6.45, 7) is 2.22. The fourth-order valence-electron chi connectivity index (χ4n) is 2.49. The monoisotopic (exact) mass is 278 g/mol. The van der Waals surface area contributed by atoms with E-state index in [4.69, 9.17) is 5.11 Å². The van der Waals surface area contributed by atoms with Gasteiger partial charge in [0.2, 0.25) is 0 Å². The van der Waals surface area contributed by atoms with Crippen molar-refractivity contribution in [2.45, 2.75) is 64.7 Å². The van der Waals surface area contributed by atoms with Crippen LogP contribution >= 0.6 is 0 Å². The average Bonchev–Trinajstić information content (AvgIpc) is 2.41. The molecule has 0 saturated heterocycles. The maximum atomic E-state index is 11.1. The van der Waals surface area contributed by atoms with Gasteiger partial charge in [-0.25, -0.2) is 4.79 Å². The summed E-state index contributed by atoms with van der Waals surface area (Å²) in [5.41, 5.74) is 0.805. The summed E-state index contributed by atoms with van der Waals surface area (Å²) >= 11 is 0. The topological polar surface area (TPSA) is 57.5 Å². The second-order valence-corrected chi connectivity index (χ2v) is 5.34. The van der Waals surface area contributed by atoms with Gasteiger partial charge in [-0.15, -0.1) is 0 Å². The standard InChI is InChI=1S/C17H26O3/c1-2-3-4-5-6-7-8-9-11-14-12-10-13-15(18)16(14)17(19)20/h10,12-13,18H,2-9,11H2,1H3,(H,19,20). The van der Waals surface area contributed by atoms with Crippen LogP contribution in [0, 0.1) is 0 Å². The van der Waals surface area contributed by atoms with Crippen molar-refractivity contribution < 1.29 is 15.0 Å². The Morgan fingerprint density at radius 3 is 2.20 bits per heavy atom. The molecule has 3 heteroatoms. The molecular weight excluding hydrogens is 252 g/mol. The molecule has 0 spiro atoms. The Kier molecular flexibility index (Phi) is 7.78. The summed E-state index contributed by atoms with van der Waals surface area (Å²) in [7, 11) is 0. The predicted octanol–water partition coefficient (Wildman–Crippen LogP) is 4.77. The highest BCUT2D eigenvalue weighted by atomic mass is 16.4. The van der Waals surface area contributed by atoms with E-state index in [0.29, 0.717) is 0 Å². The Labute approximate surface area is 121 Å². The van der Waals surface area contributed by atoms with E-state index in [2.05, 4.69) is 6.92 Å². The molecule has 3 nitrogen and oxygen atoms in total. The lowest BCUT2D eigenvalue weighted by molar-refractivity contribution is 0.0692. The van der Waals surface area contributed by atoms with Crippen molar-refractivity contribution in [2.75, 3.05) is 0 Å². The molecule has 1 aromatic carbocycles. The fraction of sp³-hybridized carbons (Fsp3) is 0.588. The van der Waals surface area contributed by atoms with Gasteiger partial charge in [0.05, 0.1) is 0 Å². The minimum absolute atomic E-state index is 0.0652. The van der Waals surface area contributed by atoms with Gasteiger partial charge in [-0.1, -0.05) is 64.0 Å². The third kappa shape index (κ3) is 5.64. The smallest absolute Gasteiger partial charge is 0.339 e. The minimum Gasteiger partial charge on any atom is -0.507 e. The van der Waals surface area contributed by atoms with Crippen LogP contribution in [0.15, 0.2) is 18.2 Å². The average molecular weight is 278 g/mol. The van der Waals surface area contributed by atoms with Crippen LogP contribution in [-0.4, -0.2) is 16.2 Å². The number of rotatable bonds is 10. The summed E-state index contributed by atoms with van der Waals surface area (Å²) in [4.78, 5) is 11.1. The lowest BCUT2D eigenvalue weighted by Gasteiger charge is -2.07. The number of unbranched alkanes of at least 4 members (excludes halogenated alkanes) is 7. The molecule has 1 rings (SSSR count). The zero-order valence-electron chi connectivity index (χ0n) is 12.4. The lowest BCUT2D eigenvalue weighted by atomic mass is 9.99. The van der Waals surface area contributed by atoms with Gasteiger partial charge in [0.15, 0.2) is 0 Å². The summed E-state index contributed by atoms with van der Waals surface area (Å²) in [5, 5.41) is 18.7. The first-order chi connectivity index (χ1) is 9.66. The highest BCUT2D eigenvalue weighted by Crippen LogP contribution is 2.23. The Morgan fingerprint density at radius 1 is 1.00 bits per heavy atom. The van der Waals surface area contributed by atoms with E-state index < -0.39 is 5.97 Å². The number of hydrogen-bond acceptors (Lipinski definition) is 2. The van der Waals surface area contributed by atoms with Gasteiger partial charge < -0.3 is 10.2 Å². The third-order valence-corrected chi connectivity index (χ3v) is 3.64. The van der Waals surface area contributed by atoms with E-state index >= 15 is 0 Å². The van der Waals surface area contributed by atoms with Crippen LogP contribution in [-0.2, 0) is 6.42 Å². The van der Waals surface area contributed by atoms with E-state index in [1.165, 1.54) is 44.6 Å². The van der Waals surface area contributed by atoms with E-state index in [9.17, 15) is 9.90 Å². The second kappa shape index (κ2) is 9.40. The zero-order valence-corrected chi connectivity index (χ0v) is 12.4. The number of aryl methyl sites for hydroxylation is 1. The van der Waals surface area contributed by atoms with Crippen molar-refractivity contribution in [3.8, 4) is 5.75 Å². The van der Waals surface area contributed by atoms with Gasteiger partial charge in [0.1, 0.15) is 11.3 Å². The highest BCUT2D eigenvalue weighted by Gasteiger charge is 2.14. The Balaban J connectivity index is 2.29. The molecule has 0 aliphatic rings. The van der Waals surface area contributed by atoms with E-state index in [0.717, 1.165) is 24.8 Å². The molecule has 0 unspecified atom stereocenters. The van der Waals surface area contributed by atoms with Crippen LogP contribution in [0.2, 0.25) is 0 Å². The van der Waals surface area contributed by atoms with Crippen molar-refractivity contribution >= 4 is 5.97 Å². The Bertz CT molecular complexity index is 413. The molecule has 0 aliphatic heterocycles. The number of carbonyl (C=O) groups is 1. The number of benzene rings is 1. The molecule has 0 radical (unpaired) electrons. The van der Waals surface area contributed by atoms with Crippen molar-refractivity contribution in [1.82, 2.24) is 0 Å². The molecule has 1 aromatic rings. The molecule has 112 valence electrons. The summed E-state index contributed by atoms with van der Waals surface area (Å²) in [6.07, 6.45) is 10.5. The SMILES string of the molecule is CCCCCCCCCCc1cccc(O)c1C(=O)O. The van der Waals surface area contributed by atoms with Crippen LogP contribution in [0.25, 0.3) is 0 Å². The molecule has 2 N–H and O–H groups in total. The zero-order chi connectivity index (χ0) is 14.8. The quantitative estimate of drug-likeness (QED) is 0.606. The van der Waals surface area contributed by atoms with Crippen LogP contribution < -0.4 is 0 Å². The lowest BCUT2D eigenvalue weighted by Crippen LogP contribution is -2.03. The van der Waals surface area contributed by atoms with E-state index in [1.807, 2.05) is 0 Å². The van der Waals surface area contributed by atoms with Gasteiger partial charge in [0, 0.05) is 0 Å². The van der Waals surface area contributed by atoms with Crippen molar-refractivity contribution in [3.63, 3.8) is 0 Å². The maximum absolute atomic E-state index is 11.1. The van der Waals surface area contributed by atoms with Gasteiger partial charge in [-0.3, -0.25) is 0 Å². The number of phenols is 1. The van der Waals surface area contributed by atoms with Crippen molar-refractivity contribution in [3.05, 3.63) is 29.3 Å². The molecule has 0 amide bonds. The van der Waals surface area contributed by atoms with Crippen molar-refractivity contribution in [1.29, 1.82) is 0 Å². The molecule has 0 saturated carbocycles. The third-order valence-electron chi connectivity index (χ3n) is 3.64. The normalized spacial score (nSPS) is 10.7. The van der Waals surface area contributed by atoms with Gasteiger partial charge in [0.25, 0.3) is 0 Å². The maximum Gasteiger partial charge on any atom is 0.339 e. The van der Waals surface area contributed by atoms with Crippen molar-refractivity contribution in [2.24, 2.45) is 0 Å². The molecule has 0 aliphatic carbocycles. The number of carboxylic acids is 1. The number of hydrogen-bond donors (Lipinski definition) is 2.